The van der Waals surface area contributed by atoms with Crippen LogP contribution >= 0.6 is 0 Å². The van der Waals surface area contributed by atoms with Crippen LogP contribution in [0.4, 0.5) is 0 Å². The number of hydrogen-bond donors (Lipinski definition) is 0. The molecule has 0 aromatic carbocycles. The second kappa shape index (κ2) is 5.69. The molecule has 2 saturated heterocycles. The van der Waals surface area contributed by atoms with E-state index in [0.717, 1.165) is 0 Å². The van der Waals surface area contributed by atoms with Gasteiger partial charge in [0.1, 0.15) is 12.1 Å². The summed E-state index contributed by atoms with van der Waals surface area (Å²) in [7, 11) is 0. The van der Waals surface area contributed by atoms with E-state index in [9.17, 15) is 9.59 Å². The number of fused-ring (bicyclic) bond motifs is 1. The van der Waals surface area contributed by atoms with Gasteiger partial charge in [0.25, 0.3) is 0 Å². The summed E-state index contributed by atoms with van der Waals surface area (Å²) in [4.78, 5) is 28.3. The fourth-order valence-corrected chi connectivity index (χ4v) is 2.61. The van der Waals surface area contributed by atoms with Crippen molar-refractivity contribution in [3.8, 4) is 0 Å². The summed E-state index contributed by atoms with van der Waals surface area (Å²) in [5.74, 6) is -0.0571. The lowest BCUT2D eigenvalue weighted by Gasteiger charge is -2.46. The Labute approximate surface area is 120 Å². The third-order valence-electron chi connectivity index (χ3n) is 3.66. The molecule has 2 rings (SSSR count). The Kier molecular flexibility index (Phi) is 4.34. The largest absolute Gasteiger partial charge is 0.377 e. The Hall–Kier alpha value is -1.14. The van der Waals surface area contributed by atoms with Crippen molar-refractivity contribution in [2.45, 2.75) is 45.4 Å². The van der Waals surface area contributed by atoms with E-state index in [1.807, 2.05) is 27.7 Å². The number of carbonyl (C=O) groups excluding carboxylic acids is 2. The van der Waals surface area contributed by atoms with Crippen molar-refractivity contribution in [2.75, 3.05) is 32.9 Å². The van der Waals surface area contributed by atoms with Crippen molar-refractivity contribution in [2.24, 2.45) is 0 Å². The van der Waals surface area contributed by atoms with E-state index >= 15 is 0 Å². The third kappa shape index (κ3) is 2.96. The summed E-state index contributed by atoms with van der Waals surface area (Å²) in [6, 6.07) is -0.969. The van der Waals surface area contributed by atoms with Gasteiger partial charge in [-0.2, -0.15) is 0 Å². The summed E-state index contributed by atoms with van der Waals surface area (Å²) >= 11 is 0. The molecular formula is C14H24N2O4. The highest BCUT2D eigenvalue weighted by molar-refractivity contribution is 5.97. The first kappa shape index (κ1) is 15.3. The SMILES string of the molecule is CCN1C(=O)C2COCCN2C(=O)[C@@H]1COC(C)(C)C. The number of morpholine rings is 1. The molecule has 1 unspecified atom stereocenters. The first-order chi connectivity index (χ1) is 9.35. The van der Waals surface area contributed by atoms with Crippen LogP contribution in [-0.4, -0.2) is 72.2 Å². The number of piperazine rings is 1. The van der Waals surface area contributed by atoms with Gasteiger partial charge in [-0.15, -0.1) is 0 Å². The van der Waals surface area contributed by atoms with Crippen molar-refractivity contribution in [1.29, 1.82) is 0 Å². The van der Waals surface area contributed by atoms with Crippen LogP contribution in [0.2, 0.25) is 0 Å². The molecule has 2 heterocycles. The van der Waals surface area contributed by atoms with Crippen molar-refractivity contribution < 1.29 is 19.1 Å². The number of carbonyl (C=O) groups is 2. The molecule has 6 heteroatoms. The van der Waals surface area contributed by atoms with Gasteiger partial charge in [-0.05, 0) is 27.7 Å². The van der Waals surface area contributed by atoms with Gasteiger partial charge in [0.05, 0.1) is 25.4 Å². The Balaban J connectivity index is 2.16. The van der Waals surface area contributed by atoms with Crippen molar-refractivity contribution in [3.05, 3.63) is 0 Å². The molecule has 2 aliphatic heterocycles. The molecular weight excluding hydrogens is 260 g/mol. The molecule has 0 N–H and O–H groups in total. The van der Waals surface area contributed by atoms with Crippen LogP contribution in [0, 0.1) is 0 Å². The molecule has 114 valence electrons. The zero-order chi connectivity index (χ0) is 14.9. The highest BCUT2D eigenvalue weighted by Gasteiger charge is 2.46. The lowest BCUT2D eigenvalue weighted by molar-refractivity contribution is -0.174. The second-order valence-electron chi connectivity index (χ2n) is 6.19. The van der Waals surface area contributed by atoms with Crippen molar-refractivity contribution >= 4 is 11.8 Å². The number of ether oxygens (including phenoxy) is 2. The monoisotopic (exact) mass is 284 g/mol. The number of amides is 2. The maximum Gasteiger partial charge on any atom is 0.248 e. The van der Waals surface area contributed by atoms with E-state index in [0.29, 0.717) is 26.3 Å². The van der Waals surface area contributed by atoms with Crippen molar-refractivity contribution in [3.63, 3.8) is 0 Å². The van der Waals surface area contributed by atoms with Crippen LogP contribution in [-0.2, 0) is 19.1 Å². The fraction of sp³-hybridized carbons (Fsp3) is 0.857. The minimum absolute atomic E-state index is 0.0241. The Bertz CT molecular complexity index is 391. The Morgan fingerprint density at radius 3 is 2.60 bits per heavy atom. The molecule has 6 nitrogen and oxygen atoms in total. The van der Waals surface area contributed by atoms with E-state index in [2.05, 4.69) is 0 Å². The van der Waals surface area contributed by atoms with Crippen LogP contribution < -0.4 is 0 Å². The first-order valence-electron chi connectivity index (χ1n) is 7.18. The predicted octanol–water partition coefficient (Wildman–Crippen LogP) is 0.260. The third-order valence-corrected chi connectivity index (χ3v) is 3.66. The van der Waals surface area contributed by atoms with Gasteiger partial charge < -0.3 is 19.3 Å². The number of rotatable bonds is 3. The van der Waals surface area contributed by atoms with E-state index < -0.39 is 12.1 Å². The van der Waals surface area contributed by atoms with Crippen LogP contribution in [0.25, 0.3) is 0 Å². The summed E-state index contributed by atoms with van der Waals surface area (Å²) in [5, 5.41) is 0. The normalized spacial score (nSPS) is 27.8. The number of likely N-dealkylation sites (N-methyl/N-ethyl adjacent to an activating group) is 1. The van der Waals surface area contributed by atoms with Gasteiger partial charge >= 0.3 is 0 Å². The van der Waals surface area contributed by atoms with Crippen LogP contribution in [0.1, 0.15) is 27.7 Å². The molecule has 2 aliphatic rings. The molecule has 0 aromatic heterocycles. The molecule has 0 radical (unpaired) electrons. The molecule has 20 heavy (non-hydrogen) atoms. The molecule has 0 saturated carbocycles. The first-order valence-corrected chi connectivity index (χ1v) is 7.18. The Morgan fingerprint density at radius 1 is 1.30 bits per heavy atom. The number of nitrogens with zero attached hydrogens (tertiary/aromatic N) is 2. The number of hydrogen-bond acceptors (Lipinski definition) is 4. The van der Waals surface area contributed by atoms with Gasteiger partial charge in [-0.1, -0.05) is 0 Å². The topological polar surface area (TPSA) is 59.1 Å². The van der Waals surface area contributed by atoms with Crippen LogP contribution in [0.5, 0.6) is 0 Å². The maximum atomic E-state index is 12.6. The molecule has 2 amide bonds. The zero-order valence-electron chi connectivity index (χ0n) is 12.7. The lowest BCUT2D eigenvalue weighted by Crippen LogP contribution is -2.68. The molecule has 0 aromatic rings. The van der Waals surface area contributed by atoms with Gasteiger partial charge in [0.2, 0.25) is 11.8 Å². The van der Waals surface area contributed by atoms with Crippen LogP contribution in [0.15, 0.2) is 0 Å². The van der Waals surface area contributed by atoms with Gasteiger partial charge in [0, 0.05) is 13.1 Å². The second-order valence-corrected chi connectivity index (χ2v) is 6.19. The highest BCUT2D eigenvalue weighted by Crippen LogP contribution is 2.22. The minimum Gasteiger partial charge on any atom is -0.377 e. The van der Waals surface area contributed by atoms with E-state index in [-0.39, 0.29) is 24.0 Å². The Morgan fingerprint density at radius 2 is 2.00 bits per heavy atom. The molecule has 2 fully saturated rings. The summed E-state index contributed by atoms with van der Waals surface area (Å²) < 4.78 is 11.1. The van der Waals surface area contributed by atoms with Gasteiger partial charge in [-0.25, -0.2) is 0 Å². The zero-order valence-corrected chi connectivity index (χ0v) is 12.7. The predicted molar refractivity (Wildman–Crippen MR) is 73.2 cm³/mol. The molecule has 0 spiro atoms. The average Bonchev–Trinajstić information content (AvgIpc) is 2.40. The maximum absolute atomic E-state index is 12.6. The molecule has 2 atom stereocenters. The quantitative estimate of drug-likeness (QED) is 0.746. The standard InChI is InChI=1S/C14H24N2O4/c1-5-15-11(9-20-14(2,3)4)13(18)16-6-7-19-8-10(16)12(15)17/h10-11H,5-9H2,1-4H3/t10?,11-/m0/s1. The van der Waals surface area contributed by atoms with E-state index in [4.69, 9.17) is 9.47 Å². The highest BCUT2D eigenvalue weighted by atomic mass is 16.5. The minimum atomic E-state index is -0.513. The van der Waals surface area contributed by atoms with Gasteiger partial charge in [-0.3, -0.25) is 9.59 Å². The average molecular weight is 284 g/mol. The molecule has 0 bridgehead atoms. The fourth-order valence-electron chi connectivity index (χ4n) is 2.61. The lowest BCUT2D eigenvalue weighted by atomic mass is 10.0. The van der Waals surface area contributed by atoms with Crippen molar-refractivity contribution in [1.82, 2.24) is 9.80 Å². The van der Waals surface area contributed by atoms with Gasteiger partial charge in [0.15, 0.2) is 0 Å². The molecule has 0 aliphatic carbocycles. The summed E-state index contributed by atoms with van der Waals surface area (Å²) in [6.07, 6.45) is 0. The summed E-state index contributed by atoms with van der Waals surface area (Å²) in [5.41, 5.74) is -0.329. The van der Waals surface area contributed by atoms with E-state index in [1.54, 1.807) is 9.80 Å². The van der Waals surface area contributed by atoms with Crippen LogP contribution in [0.3, 0.4) is 0 Å². The smallest absolute Gasteiger partial charge is 0.248 e. The summed E-state index contributed by atoms with van der Waals surface area (Å²) in [6.45, 7) is 9.73. The van der Waals surface area contributed by atoms with E-state index in [1.165, 1.54) is 0 Å².